The van der Waals surface area contributed by atoms with Crippen molar-refractivity contribution in [2.45, 2.75) is 124 Å². The maximum Gasteiger partial charge on any atom is 0.306 e. The standard InChI is InChI=1S/C22H44O2/c1-4-5-6-7-8-9-10-11-12-13-14-18-21(22(23)24)19-16-15-17-20(2)3/h20-21H,4-19H2,1-3H3,(H,23,24). The molecule has 144 valence electrons. The zero-order chi connectivity index (χ0) is 18.0. The lowest BCUT2D eigenvalue weighted by molar-refractivity contribution is -0.142. The highest BCUT2D eigenvalue weighted by atomic mass is 16.4. The quantitative estimate of drug-likeness (QED) is 0.261. The molecule has 24 heavy (non-hydrogen) atoms. The maximum absolute atomic E-state index is 11.3. The van der Waals surface area contributed by atoms with E-state index in [9.17, 15) is 9.90 Å². The number of carboxylic acids is 1. The van der Waals surface area contributed by atoms with Crippen LogP contribution >= 0.6 is 0 Å². The van der Waals surface area contributed by atoms with E-state index in [1.54, 1.807) is 0 Å². The molecule has 0 aromatic heterocycles. The molecule has 0 aliphatic heterocycles. The van der Waals surface area contributed by atoms with Gasteiger partial charge in [0.2, 0.25) is 0 Å². The van der Waals surface area contributed by atoms with Gasteiger partial charge < -0.3 is 5.11 Å². The fourth-order valence-electron chi connectivity index (χ4n) is 3.39. The van der Waals surface area contributed by atoms with Crippen molar-refractivity contribution < 1.29 is 9.90 Å². The average Bonchev–Trinajstić information content (AvgIpc) is 2.53. The first-order chi connectivity index (χ1) is 11.6. The van der Waals surface area contributed by atoms with Crippen molar-refractivity contribution in [1.29, 1.82) is 0 Å². The van der Waals surface area contributed by atoms with Gasteiger partial charge >= 0.3 is 5.97 Å². The Morgan fingerprint density at radius 2 is 1.04 bits per heavy atom. The first-order valence-electron chi connectivity index (χ1n) is 10.8. The lowest BCUT2D eigenvalue weighted by Crippen LogP contribution is -2.13. The number of rotatable bonds is 18. The van der Waals surface area contributed by atoms with Crippen molar-refractivity contribution in [1.82, 2.24) is 0 Å². The molecule has 0 fully saturated rings. The summed E-state index contributed by atoms with van der Waals surface area (Å²) in [4.78, 5) is 11.3. The minimum absolute atomic E-state index is 0.101. The molecular formula is C22H44O2. The minimum Gasteiger partial charge on any atom is -0.481 e. The van der Waals surface area contributed by atoms with Crippen LogP contribution in [0.1, 0.15) is 124 Å². The summed E-state index contributed by atoms with van der Waals surface area (Å²) in [6.07, 6.45) is 19.9. The fourth-order valence-corrected chi connectivity index (χ4v) is 3.39. The van der Waals surface area contributed by atoms with E-state index in [4.69, 9.17) is 0 Å². The lowest BCUT2D eigenvalue weighted by atomic mass is 9.93. The highest BCUT2D eigenvalue weighted by Crippen LogP contribution is 2.20. The van der Waals surface area contributed by atoms with E-state index < -0.39 is 5.97 Å². The van der Waals surface area contributed by atoms with Crippen LogP contribution in [-0.4, -0.2) is 11.1 Å². The summed E-state index contributed by atoms with van der Waals surface area (Å²) in [6.45, 7) is 6.74. The van der Waals surface area contributed by atoms with Gasteiger partial charge in [0.25, 0.3) is 0 Å². The molecule has 1 unspecified atom stereocenters. The van der Waals surface area contributed by atoms with E-state index in [1.165, 1.54) is 77.0 Å². The van der Waals surface area contributed by atoms with Gasteiger partial charge in [0.15, 0.2) is 0 Å². The molecular weight excluding hydrogens is 296 g/mol. The molecule has 0 heterocycles. The summed E-state index contributed by atoms with van der Waals surface area (Å²) in [7, 11) is 0. The minimum atomic E-state index is -0.577. The van der Waals surface area contributed by atoms with E-state index >= 15 is 0 Å². The zero-order valence-corrected chi connectivity index (χ0v) is 16.8. The Bertz CT molecular complexity index is 273. The molecule has 0 aromatic carbocycles. The summed E-state index contributed by atoms with van der Waals surface area (Å²) >= 11 is 0. The van der Waals surface area contributed by atoms with E-state index in [1.807, 2.05) is 0 Å². The Hall–Kier alpha value is -0.530. The van der Waals surface area contributed by atoms with E-state index in [0.717, 1.165) is 31.6 Å². The summed E-state index contributed by atoms with van der Waals surface area (Å²) < 4.78 is 0. The van der Waals surface area contributed by atoms with Crippen LogP contribution in [0.2, 0.25) is 0 Å². The Morgan fingerprint density at radius 1 is 0.667 bits per heavy atom. The van der Waals surface area contributed by atoms with Crippen molar-refractivity contribution in [3.05, 3.63) is 0 Å². The summed E-state index contributed by atoms with van der Waals surface area (Å²) in [5.74, 6) is 0.0577. The van der Waals surface area contributed by atoms with E-state index in [2.05, 4.69) is 20.8 Å². The number of carbonyl (C=O) groups is 1. The molecule has 0 rings (SSSR count). The van der Waals surface area contributed by atoms with Crippen LogP contribution in [0.5, 0.6) is 0 Å². The second kappa shape index (κ2) is 17.3. The Balaban J connectivity index is 3.45. The monoisotopic (exact) mass is 340 g/mol. The summed E-state index contributed by atoms with van der Waals surface area (Å²) in [5.41, 5.74) is 0. The van der Waals surface area contributed by atoms with Crippen molar-refractivity contribution >= 4 is 5.97 Å². The van der Waals surface area contributed by atoms with Gasteiger partial charge in [0, 0.05) is 0 Å². The Morgan fingerprint density at radius 3 is 1.46 bits per heavy atom. The molecule has 0 aliphatic rings. The van der Waals surface area contributed by atoms with Crippen molar-refractivity contribution in [3.63, 3.8) is 0 Å². The van der Waals surface area contributed by atoms with Gasteiger partial charge in [-0.3, -0.25) is 4.79 Å². The van der Waals surface area contributed by atoms with Crippen molar-refractivity contribution in [2.75, 3.05) is 0 Å². The number of unbranched alkanes of at least 4 members (excludes halogenated alkanes) is 11. The molecule has 0 spiro atoms. The largest absolute Gasteiger partial charge is 0.481 e. The van der Waals surface area contributed by atoms with E-state index in [-0.39, 0.29) is 5.92 Å². The number of hydrogen-bond acceptors (Lipinski definition) is 1. The van der Waals surface area contributed by atoms with Gasteiger partial charge in [0.1, 0.15) is 0 Å². The number of aliphatic carboxylic acids is 1. The van der Waals surface area contributed by atoms with Gasteiger partial charge in [-0.05, 0) is 18.8 Å². The average molecular weight is 341 g/mol. The Kier molecular flexibility index (Phi) is 16.9. The molecule has 0 bridgehead atoms. The molecule has 0 saturated carbocycles. The van der Waals surface area contributed by atoms with Crippen LogP contribution in [0.3, 0.4) is 0 Å². The molecule has 2 heteroatoms. The molecule has 2 nitrogen and oxygen atoms in total. The number of hydrogen-bond donors (Lipinski definition) is 1. The molecule has 1 atom stereocenters. The van der Waals surface area contributed by atoms with Crippen LogP contribution in [0.15, 0.2) is 0 Å². The smallest absolute Gasteiger partial charge is 0.306 e. The SMILES string of the molecule is CCCCCCCCCCCCCC(CCCCC(C)C)C(=O)O. The molecule has 0 radical (unpaired) electrons. The summed E-state index contributed by atoms with van der Waals surface area (Å²) in [5, 5.41) is 9.34. The van der Waals surface area contributed by atoms with E-state index in [0.29, 0.717) is 0 Å². The molecule has 0 saturated heterocycles. The normalized spacial score (nSPS) is 12.7. The predicted octanol–water partition coefficient (Wildman–Crippen LogP) is 7.60. The molecule has 1 N–H and O–H groups in total. The molecule has 0 aliphatic carbocycles. The predicted molar refractivity (Wildman–Crippen MR) is 106 cm³/mol. The van der Waals surface area contributed by atoms with Crippen LogP contribution in [0.4, 0.5) is 0 Å². The topological polar surface area (TPSA) is 37.3 Å². The second-order valence-electron chi connectivity index (χ2n) is 8.04. The highest BCUT2D eigenvalue weighted by molar-refractivity contribution is 5.69. The van der Waals surface area contributed by atoms with Gasteiger partial charge in [0.05, 0.1) is 5.92 Å². The van der Waals surface area contributed by atoms with Gasteiger partial charge in [-0.25, -0.2) is 0 Å². The highest BCUT2D eigenvalue weighted by Gasteiger charge is 2.16. The Labute approximate surface area is 151 Å². The van der Waals surface area contributed by atoms with Crippen LogP contribution in [0.25, 0.3) is 0 Å². The second-order valence-corrected chi connectivity index (χ2v) is 8.04. The van der Waals surface area contributed by atoms with Crippen LogP contribution in [0, 0.1) is 11.8 Å². The third-order valence-electron chi connectivity index (χ3n) is 5.09. The van der Waals surface area contributed by atoms with Crippen LogP contribution < -0.4 is 0 Å². The number of carboxylic acid groups (broad SMARTS) is 1. The van der Waals surface area contributed by atoms with Crippen molar-refractivity contribution in [2.24, 2.45) is 11.8 Å². The van der Waals surface area contributed by atoms with Gasteiger partial charge in [-0.2, -0.15) is 0 Å². The molecule has 0 amide bonds. The zero-order valence-electron chi connectivity index (χ0n) is 16.8. The van der Waals surface area contributed by atoms with Gasteiger partial charge in [-0.1, -0.05) is 111 Å². The van der Waals surface area contributed by atoms with Crippen LogP contribution in [-0.2, 0) is 4.79 Å². The van der Waals surface area contributed by atoms with Gasteiger partial charge in [-0.15, -0.1) is 0 Å². The fraction of sp³-hybridized carbons (Fsp3) is 0.955. The summed E-state index contributed by atoms with van der Waals surface area (Å²) in [6, 6.07) is 0. The third kappa shape index (κ3) is 16.3. The maximum atomic E-state index is 11.3. The first-order valence-corrected chi connectivity index (χ1v) is 10.8. The first kappa shape index (κ1) is 23.5. The molecule has 0 aromatic rings. The third-order valence-corrected chi connectivity index (χ3v) is 5.09. The lowest BCUT2D eigenvalue weighted by Gasteiger charge is -2.12. The van der Waals surface area contributed by atoms with Crippen molar-refractivity contribution in [3.8, 4) is 0 Å².